The van der Waals surface area contributed by atoms with E-state index < -0.39 is 0 Å². The van der Waals surface area contributed by atoms with Gasteiger partial charge in [-0.2, -0.15) is 0 Å². The number of amides is 1. The molecule has 3 heteroatoms. The number of rotatable bonds is 6. The Labute approximate surface area is 111 Å². The number of carbonyl (C=O) groups is 1. The minimum Gasteiger partial charge on any atom is -0.355 e. The SMILES string of the molecule is CC(CC(=O)NCC(N)C1CC1)C1CCCCC1. The van der Waals surface area contributed by atoms with Crippen LogP contribution in [0.1, 0.15) is 58.3 Å². The first-order valence-electron chi connectivity index (χ1n) is 7.69. The molecule has 3 nitrogen and oxygen atoms in total. The Bertz CT molecular complexity index is 270. The molecule has 0 saturated heterocycles. The third-order valence-electron chi connectivity index (χ3n) is 4.72. The largest absolute Gasteiger partial charge is 0.355 e. The second kappa shape index (κ2) is 6.55. The molecule has 0 aromatic rings. The lowest BCUT2D eigenvalue weighted by Crippen LogP contribution is -2.39. The topological polar surface area (TPSA) is 55.1 Å². The summed E-state index contributed by atoms with van der Waals surface area (Å²) in [5.41, 5.74) is 5.99. The van der Waals surface area contributed by atoms with Crippen LogP contribution in [0.25, 0.3) is 0 Å². The van der Waals surface area contributed by atoms with Crippen LogP contribution >= 0.6 is 0 Å². The predicted octanol–water partition coefficient (Wildman–Crippen LogP) is 2.45. The van der Waals surface area contributed by atoms with E-state index >= 15 is 0 Å². The van der Waals surface area contributed by atoms with Crippen molar-refractivity contribution in [3.05, 3.63) is 0 Å². The van der Waals surface area contributed by atoms with E-state index in [1.54, 1.807) is 0 Å². The number of hydrogen-bond acceptors (Lipinski definition) is 2. The van der Waals surface area contributed by atoms with Crippen molar-refractivity contribution >= 4 is 5.91 Å². The van der Waals surface area contributed by atoms with Gasteiger partial charge in [0.15, 0.2) is 0 Å². The standard InChI is InChI=1S/C15H28N2O/c1-11(12-5-3-2-4-6-12)9-15(18)17-10-14(16)13-7-8-13/h11-14H,2-10,16H2,1H3,(H,17,18). The van der Waals surface area contributed by atoms with Gasteiger partial charge >= 0.3 is 0 Å². The molecular formula is C15H28N2O. The molecule has 0 radical (unpaired) electrons. The molecule has 3 N–H and O–H groups in total. The van der Waals surface area contributed by atoms with Gasteiger partial charge in [0, 0.05) is 19.0 Å². The lowest BCUT2D eigenvalue weighted by atomic mass is 9.79. The predicted molar refractivity (Wildman–Crippen MR) is 74.1 cm³/mol. The summed E-state index contributed by atoms with van der Waals surface area (Å²) >= 11 is 0. The molecule has 18 heavy (non-hydrogen) atoms. The molecular weight excluding hydrogens is 224 g/mol. The van der Waals surface area contributed by atoms with Crippen LogP contribution in [0, 0.1) is 17.8 Å². The van der Waals surface area contributed by atoms with Gasteiger partial charge in [-0.15, -0.1) is 0 Å². The molecule has 0 heterocycles. The zero-order chi connectivity index (χ0) is 13.0. The molecule has 2 aliphatic rings. The van der Waals surface area contributed by atoms with Crippen molar-refractivity contribution in [2.24, 2.45) is 23.5 Å². The molecule has 2 saturated carbocycles. The summed E-state index contributed by atoms with van der Waals surface area (Å²) in [5, 5.41) is 3.01. The molecule has 1 amide bonds. The van der Waals surface area contributed by atoms with Gasteiger partial charge in [-0.1, -0.05) is 39.0 Å². The number of nitrogens with one attached hydrogen (secondary N) is 1. The minimum absolute atomic E-state index is 0.180. The average Bonchev–Trinajstić information content (AvgIpc) is 3.21. The molecule has 0 spiro atoms. The van der Waals surface area contributed by atoms with Gasteiger partial charge in [0.05, 0.1) is 0 Å². The smallest absolute Gasteiger partial charge is 0.220 e. The van der Waals surface area contributed by atoms with Gasteiger partial charge in [0.25, 0.3) is 0 Å². The highest BCUT2D eigenvalue weighted by atomic mass is 16.1. The molecule has 104 valence electrons. The Kier molecular flexibility index (Phi) is 5.04. The Morgan fingerprint density at radius 1 is 1.17 bits per heavy atom. The van der Waals surface area contributed by atoms with E-state index in [4.69, 9.17) is 5.73 Å². The van der Waals surface area contributed by atoms with Crippen LogP contribution in [0.2, 0.25) is 0 Å². The van der Waals surface area contributed by atoms with Crippen molar-refractivity contribution in [2.75, 3.05) is 6.54 Å². The van der Waals surface area contributed by atoms with Gasteiger partial charge in [0.1, 0.15) is 0 Å². The maximum absolute atomic E-state index is 11.9. The first kappa shape index (κ1) is 13.9. The van der Waals surface area contributed by atoms with Crippen molar-refractivity contribution in [1.82, 2.24) is 5.32 Å². The highest BCUT2D eigenvalue weighted by Gasteiger charge is 2.28. The fourth-order valence-corrected chi connectivity index (χ4v) is 3.16. The summed E-state index contributed by atoms with van der Waals surface area (Å²) in [4.78, 5) is 11.9. The fourth-order valence-electron chi connectivity index (χ4n) is 3.16. The fraction of sp³-hybridized carbons (Fsp3) is 0.933. The summed E-state index contributed by atoms with van der Waals surface area (Å²) in [6, 6.07) is 0.180. The van der Waals surface area contributed by atoms with Gasteiger partial charge in [-0.05, 0) is 30.6 Å². The van der Waals surface area contributed by atoms with Crippen molar-refractivity contribution in [3.8, 4) is 0 Å². The molecule has 2 fully saturated rings. The molecule has 2 rings (SSSR count). The first-order valence-corrected chi connectivity index (χ1v) is 7.69. The minimum atomic E-state index is 0.180. The lowest BCUT2D eigenvalue weighted by molar-refractivity contribution is -0.122. The highest BCUT2D eigenvalue weighted by molar-refractivity contribution is 5.76. The second-order valence-corrected chi connectivity index (χ2v) is 6.38. The third kappa shape index (κ3) is 4.27. The second-order valence-electron chi connectivity index (χ2n) is 6.38. The third-order valence-corrected chi connectivity index (χ3v) is 4.72. The maximum Gasteiger partial charge on any atom is 0.220 e. The molecule has 0 bridgehead atoms. The van der Waals surface area contributed by atoms with Crippen LogP contribution < -0.4 is 11.1 Å². The Hall–Kier alpha value is -0.570. The van der Waals surface area contributed by atoms with Crippen molar-refractivity contribution in [1.29, 1.82) is 0 Å². The van der Waals surface area contributed by atoms with E-state index in [1.807, 2.05) is 0 Å². The number of nitrogens with two attached hydrogens (primary N) is 1. The van der Waals surface area contributed by atoms with Crippen LogP contribution in [0.5, 0.6) is 0 Å². The maximum atomic E-state index is 11.9. The van der Waals surface area contributed by atoms with Crippen molar-refractivity contribution < 1.29 is 4.79 Å². The van der Waals surface area contributed by atoms with E-state index in [0.717, 1.165) is 5.92 Å². The van der Waals surface area contributed by atoms with E-state index in [-0.39, 0.29) is 11.9 Å². The first-order chi connectivity index (χ1) is 8.66. The normalized spacial score (nSPS) is 24.6. The van der Waals surface area contributed by atoms with E-state index in [0.29, 0.717) is 24.8 Å². The molecule has 2 aliphatic carbocycles. The molecule has 0 aliphatic heterocycles. The van der Waals surface area contributed by atoms with Gasteiger partial charge in [0.2, 0.25) is 5.91 Å². The van der Waals surface area contributed by atoms with Gasteiger partial charge in [-0.3, -0.25) is 4.79 Å². The Balaban J connectivity index is 1.62. The number of carbonyl (C=O) groups excluding carboxylic acids is 1. The molecule has 2 unspecified atom stereocenters. The van der Waals surface area contributed by atoms with Crippen molar-refractivity contribution in [2.45, 2.75) is 64.3 Å². The van der Waals surface area contributed by atoms with Crippen LogP contribution in [-0.2, 0) is 4.79 Å². The van der Waals surface area contributed by atoms with E-state index in [2.05, 4.69) is 12.2 Å². The average molecular weight is 252 g/mol. The quantitative estimate of drug-likeness (QED) is 0.763. The molecule has 0 aromatic heterocycles. The van der Waals surface area contributed by atoms with Crippen LogP contribution in [0.4, 0.5) is 0 Å². The summed E-state index contributed by atoms with van der Waals surface area (Å²) in [6.45, 7) is 2.90. The summed E-state index contributed by atoms with van der Waals surface area (Å²) < 4.78 is 0. The highest BCUT2D eigenvalue weighted by Crippen LogP contribution is 2.32. The van der Waals surface area contributed by atoms with Gasteiger partial charge in [-0.25, -0.2) is 0 Å². The Morgan fingerprint density at radius 3 is 2.44 bits per heavy atom. The van der Waals surface area contributed by atoms with Crippen LogP contribution in [-0.4, -0.2) is 18.5 Å². The monoisotopic (exact) mass is 252 g/mol. The van der Waals surface area contributed by atoms with E-state index in [9.17, 15) is 4.79 Å². The lowest BCUT2D eigenvalue weighted by Gasteiger charge is -2.27. The number of hydrogen-bond donors (Lipinski definition) is 2. The summed E-state index contributed by atoms with van der Waals surface area (Å²) in [5.74, 6) is 2.16. The zero-order valence-corrected chi connectivity index (χ0v) is 11.7. The zero-order valence-electron chi connectivity index (χ0n) is 11.7. The summed E-state index contributed by atoms with van der Waals surface area (Å²) in [7, 11) is 0. The molecule has 0 aromatic carbocycles. The van der Waals surface area contributed by atoms with Crippen molar-refractivity contribution in [3.63, 3.8) is 0 Å². The van der Waals surface area contributed by atoms with E-state index in [1.165, 1.54) is 44.9 Å². The summed E-state index contributed by atoms with van der Waals surface area (Å²) in [6.07, 6.45) is 9.89. The van der Waals surface area contributed by atoms with Crippen LogP contribution in [0.15, 0.2) is 0 Å². The molecule has 2 atom stereocenters. The van der Waals surface area contributed by atoms with Gasteiger partial charge < -0.3 is 11.1 Å². The van der Waals surface area contributed by atoms with Crippen LogP contribution in [0.3, 0.4) is 0 Å². The Morgan fingerprint density at radius 2 is 1.83 bits per heavy atom.